The Morgan fingerprint density at radius 2 is 1.64 bits per heavy atom. The molecule has 2 atom stereocenters. The Hall–Kier alpha value is -2.42. The second-order valence-electron chi connectivity index (χ2n) is 9.27. The summed E-state index contributed by atoms with van der Waals surface area (Å²) in [4.78, 5) is 12.5. The highest BCUT2D eigenvalue weighted by molar-refractivity contribution is 5.99. The van der Waals surface area contributed by atoms with Gasteiger partial charge in [0, 0.05) is 5.92 Å². The molecule has 28 heavy (non-hydrogen) atoms. The number of amides is 1. The van der Waals surface area contributed by atoms with Crippen molar-refractivity contribution in [3.8, 4) is 0 Å². The van der Waals surface area contributed by atoms with Crippen LogP contribution in [0.5, 0.6) is 0 Å². The van der Waals surface area contributed by atoms with Crippen LogP contribution in [0, 0.1) is 5.92 Å². The van der Waals surface area contributed by atoms with Crippen molar-refractivity contribution in [3.05, 3.63) is 70.8 Å². The number of hydrogen-bond donors (Lipinski definition) is 1. The minimum absolute atomic E-state index is 0.0167. The molecule has 1 aliphatic rings. The molecule has 1 saturated carbocycles. The molecule has 0 heterocycles. The van der Waals surface area contributed by atoms with Gasteiger partial charge in [0.2, 0.25) is 5.91 Å². The zero-order valence-electron chi connectivity index (χ0n) is 17.9. The summed E-state index contributed by atoms with van der Waals surface area (Å²) in [6.45, 7) is 12.9. The monoisotopic (exact) mass is 376 g/mol. The second kappa shape index (κ2) is 7.90. The van der Waals surface area contributed by atoms with Gasteiger partial charge >= 0.3 is 0 Å². The summed E-state index contributed by atoms with van der Waals surface area (Å²) in [6, 6.07) is 17.1. The summed E-state index contributed by atoms with van der Waals surface area (Å²) in [5.41, 5.74) is 8.66. The van der Waals surface area contributed by atoms with Gasteiger partial charge in [-0.1, -0.05) is 83.1 Å². The standard InChI is InChI=1S/C25H32N2O/c1-16(2)18-7-9-19(10-8-18)17(3)26-27-24(28)23-15-22(23)20-11-13-21(14-12-20)25(4,5)6/h7-14,16,22-23H,15H2,1-6H3,(H,27,28)/b26-17-/t22-,23-/m0/s1. The van der Waals surface area contributed by atoms with Gasteiger partial charge in [-0.15, -0.1) is 0 Å². The van der Waals surface area contributed by atoms with E-state index in [1.165, 1.54) is 16.7 Å². The highest BCUT2D eigenvalue weighted by atomic mass is 16.2. The number of nitrogens with zero attached hydrogens (tertiary/aromatic N) is 1. The summed E-state index contributed by atoms with van der Waals surface area (Å²) in [6.07, 6.45) is 0.901. The highest BCUT2D eigenvalue weighted by Gasteiger charge is 2.44. The molecule has 2 aromatic rings. The van der Waals surface area contributed by atoms with Crippen LogP contribution in [0.1, 0.15) is 82.1 Å². The fourth-order valence-electron chi connectivity index (χ4n) is 3.48. The molecule has 2 aromatic carbocycles. The maximum absolute atomic E-state index is 12.5. The third kappa shape index (κ3) is 4.70. The van der Waals surface area contributed by atoms with E-state index >= 15 is 0 Å². The molecule has 148 valence electrons. The van der Waals surface area contributed by atoms with Crippen molar-refractivity contribution in [3.63, 3.8) is 0 Å². The first-order valence-corrected chi connectivity index (χ1v) is 10.2. The first-order chi connectivity index (χ1) is 13.2. The Labute approximate surface area is 169 Å². The number of nitrogens with one attached hydrogen (secondary N) is 1. The average Bonchev–Trinajstić information content (AvgIpc) is 3.46. The summed E-state index contributed by atoms with van der Waals surface area (Å²) < 4.78 is 0. The molecule has 3 heteroatoms. The predicted octanol–water partition coefficient (Wildman–Crippen LogP) is 5.75. The molecular weight excluding hydrogens is 344 g/mol. The third-order valence-electron chi connectivity index (χ3n) is 5.66. The van der Waals surface area contributed by atoms with Crippen LogP contribution >= 0.6 is 0 Å². The Kier molecular flexibility index (Phi) is 5.74. The van der Waals surface area contributed by atoms with E-state index in [2.05, 4.69) is 93.7 Å². The lowest BCUT2D eigenvalue weighted by Crippen LogP contribution is -2.21. The van der Waals surface area contributed by atoms with Crippen LogP contribution in [0.25, 0.3) is 0 Å². The Morgan fingerprint density at radius 3 is 2.18 bits per heavy atom. The summed E-state index contributed by atoms with van der Waals surface area (Å²) in [5.74, 6) is 0.869. The van der Waals surface area contributed by atoms with E-state index in [0.29, 0.717) is 11.8 Å². The molecule has 3 rings (SSSR count). The normalized spacial score (nSPS) is 19.6. The van der Waals surface area contributed by atoms with Gasteiger partial charge in [-0.05, 0) is 52.8 Å². The minimum atomic E-state index is 0.0167. The van der Waals surface area contributed by atoms with Crippen LogP contribution in [-0.4, -0.2) is 11.6 Å². The van der Waals surface area contributed by atoms with Gasteiger partial charge in [-0.3, -0.25) is 4.79 Å². The lowest BCUT2D eigenvalue weighted by molar-refractivity contribution is -0.122. The Morgan fingerprint density at radius 1 is 1.04 bits per heavy atom. The summed E-state index contributed by atoms with van der Waals surface area (Å²) >= 11 is 0. The number of benzene rings is 2. The van der Waals surface area contributed by atoms with Crippen molar-refractivity contribution in [2.45, 2.75) is 65.2 Å². The largest absolute Gasteiger partial charge is 0.273 e. The molecule has 1 N–H and O–H groups in total. The van der Waals surface area contributed by atoms with Crippen LogP contribution in [0.4, 0.5) is 0 Å². The fourth-order valence-corrected chi connectivity index (χ4v) is 3.48. The zero-order chi connectivity index (χ0) is 20.5. The lowest BCUT2D eigenvalue weighted by Gasteiger charge is -2.19. The molecule has 0 saturated heterocycles. The summed E-state index contributed by atoms with van der Waals surface area (Å²) in [5, 5.41) is 4.32. The fraction of sp³-hybridized carbons (Fsp3) is 0.440. The quantitative estimate of drug-likeness (QED) is 0.524. The van der Waals surface area contributed by atoms with Crippen molar-refractivity contribution in [1.82, 2.24) is 5.43 Å². The van der Waals surface area contributed by atoms with Gasteiger partial charge in [-0.25, -0.2) is 5.43 Å². The SMILES string of the molecule is C/C(=N/NC(=O)[C@H]1C[C@H]1c1ccc(C(C)(C)C)cc1)c1ccc(C(C)C)cc1. The van der Waals surface area contributed by atoms with Gasteiger partial charge in [-0.2, -0.15) is 5.10 Å². The van der Waals surface area contributed by atoms with E-state index in [4.69, 9.17) is 0 Å². The van der Waals surface area contributed by atoms with Crippen molar-refractivity contribution in [2.24, 2.45) is 11.0 Å². The van der Waals surface area contributed by atoms with Crippen molar-refractivity contribution >= 4 is 11.6 Å². The molecule has 0 aromatic heterocycles. The zero-order valence-corrected chi connectivity index (χ0v) is 17.9. The number of rotatable bonds is 5. The molecule has 0 radical (unpaired) electrons. The number of carbonyl (C=O) groups excluding carboxylic acids is 1. The molecular formula is C25H32N2O. The second-order valence-corrected chi connectivity index (χ2v) is 9.27. The number of hydrogen-bond acceptors (Lipinski definition) is 2. The molecule has 0 spiro atoms. The topological polar surface area (TPSA) is 41.5 Å². The average molecular weight is 377 g/mol. The Balaban J connectivity index is 1.58. The van der Waals surface area contributed by atoms with Crippen LogP contribution in [0.3, 0.4) is 0 Å². The van der Waals surface area contributed by atoms with Gasteiger partial charge < -0.3 is 0 Å². The van der Waals surface area contributed by atoms with Crippen molar-refractivity contribution in [2.75, 3.05) is 0 Å². The van der Waals surface area contributed by atoms with Crippen LogP contribution < -0.4 is 5.43 Å². The first-order valence-electron chi connectivity index (χ1n) is 10.2. The smallest absolute Gasteiger partial charge is 0.243 e. The highest BCUT2D eigenvalue weighted by Crippen LogP contribution is 2.47. The first kappa shape index (κ1) is 20.3. The van der Waals surface area contributed by atoms with Gasteiger partial charge in [0.1, 0.15) is 0 Å². The summed E-state index contributed by atoms with van der Waals surface area (Å²) in [7, 11) is 0. The van der Waals surface area contributed by atoms with Gasteiger partial charge in [0.25, 0.3) is 0 Å². The third-order valence-corrected chi connectivity index (χ3v) is 5.66. The van der Waals surface area contributed by atoms with Gasteiger partial charge in [0.15, 0.2) is 0 Å². The van der Waals surface area contributed by atoms with E-state index in [1.54, 1.807) is 0 Å². The maximum atomic E-state index is 12.5. The molecule has 1 amide bonds. The van der Waals surface area contributed by atoms with Crippen molar-refractivity contribution in [1.29, 1.82) is 0 Å². The molecule has 3 nitrogen and oxygen atoms in total. The lowest BCUT2D eigenvalue weighted by atomic mass is 9.86. The van der Waals surface area contributed by atoms with Crippen LogP contribution in [0.15, 0.2) is 53.6 Å². The van der Waals surface area contributed by atoms with E-state index in [-0.39, 0.29) is 17.2 Å². The number of hydrazone groups is 1. The molecule has 0 bridgehead atoms. The van der Waals surface area contributed by atoms with Gasteiger partial charge in [0.05, 0.1) is 5.71 Å². The van der Waals surface area contributed by atoms with E-state index in [0.717, 1.165) is 17.7 Å². The van der Waals surface area contributed by atoms with Crippen molar-refractivity contribution < 1.29 is 4.79 Å². The maximum Gasteiger partial charge on any atom is 0.243 e. The number of carbonyl (C=O) groups is 1. The minimum Gasteiger partial charge on any atom is -0.273 e. The predicted molar refractivity (Wildman–Crippen MR) is 117 cm³/mol. The molecule has 1 fully saturated rings. The van der Waals surface area contributed by atoms with Crippen LogP contribution in [0.2, 0.25) is 0 Å². The molecule has 0 unspecified atom stereocenters. The van der Waals surface area contributed by atoms with E-state index < -0.39 is 0 Å². The van der Waals surface area contributed by atoms with Crippen LogP contribution in [-0.2, 0) is 10.2 Å². The Bertz CT molecular complexity index is 855. The van der Waals surface area contributed by atoms with E-state index in [1.807, 2.05) is 6.92 Å². The molecule has 1 aliphatic carbocycles. The van der Waals surface area contributed by atoms with E-state index in [9.17, 15) is 4.79 Å². The molecule has 0 aliphatic heterocycles.